The van der Waals surface area contributed by atoms with Crippen molar-refractivity contribution in [1.82, 2.24) is 24.7 Å². The zero-order valence-corrected chi connectivity index (χ0v) is 17.8. The number of benzene rings is 2. The summed E-state index contributed by atoms with van der Waals surface area (Å²) in [6, 6.07) is 15.5. The summed E-state index contributed by atoms with van der Waals surface area (Å²) in [4.78, 5) is 24.9. The van der Waals surface area contributed by atoms with Crippen molar-refractivity contribution in [3.8, 4) is 23.0 Å². The van der Waals surface area contributed by atoms with E-state index in [1.165, 1.54) is 6.20 Å². The lowest BCUT2D eigenvalue weighted by Gasteiger charge is -2.10. The number of H-pyrrole nitrogens is 1. The van der Waals surface area contributed by atoms with Crippen LogP contribution in [0.2, 0.25) is 0 Å². The van der Waals surface area contributed by atoms with Crippen molar-refractivity contribution in [2.45, 2.75) is 6.92 Å². The minimum Gasteiger partial charge on any atom is -0.480 e. The SMILES string of the molecule is COc1nc2ccc(C)cc2cc1-c1nc2c(cnn2-c2ccc(Br)cc2)c(=O)[nH]1. The van der Waals surface area contributed by atoms with Gasteiger partial charge in [0.25, 0.3) is 5.56 Å². The normalized spacial score (nSPS) is 11.3. The number of aromatic amines is 1. The third-order valence-corrected chi connectivity index (χ3v) is 5.42. The molecule has 30 heavy (non-hydrogen) atoms. The third-order valence-electron chi connectivity index (χ3n) is 4.89. The number of fused-ring (bicyclic) bond motifs is 2. The van der Waals surface area contributed by atoms with E-state index in [2.05, 4.69) is 31.0 Å². The van der Waals surface area contributed by atoms with E-state index in [4.69, 9.17) is 9.72 Å². The summed E-state index contributed by atoms with van der Waals surface area (Å²) in [6.45, 7) is 2.02. The second kappa shape index (κ2) is 7.07. The highest BCUT2D eigenvalue weighted by Crippen LogP contribution is 2.30. The minimum absolute atomic E-state index is 0.273. The Morgan fingerprint density at radius 3 is 2.63 bits per heavy atom. The zero-order valence-electron chi connectivity index (χ0n) is 16.2. The summed E-state index contributed by atoms with van der Waals surface area (Å²) in [5.41, 5.74) is 3.53. The van der Waals surface area contributed by atoms with Crippen LogP contribution in [0.4, 0.5) is 0 Å². The summed E-state index contributed by atoms with van der Waals surface area (Å²) >= 11 is 3.43. The van der Waals surface area contributed by atoms with Crippen LogP contribution < -0.4 is 10.3 Å². The molecular formula is C22H16BrN5O2. The molecule has 0 bridgehead atoms. The molecule has 0 radical (unpaired) electrons. The maximum Gasteiger partial charge on any atom is 0.262 e. The van der Waals surface area contributed by atoms with Crippen LogP contribution in [0.1, 0.15) is 5.56 Å². The van der Waals surface area contributed by atoms with Crippen LogP contribution in [0.3, 0.4) is 0 Å². The lowest BCUT2D eigenvalue weighted by atomic mass is 10.1. The maximum atomic E-state index is 12.8. The molecule has 0 saturated carbocycles. The summed E-state index contributed by atoms with van der Waals surface area (Å²) in [6.07, 6.45) is 1.52. The Kier molecular flexibility index (Phi) is 4.36. The van der Waals surface area contributed by atoms with Crippen LogP contribution in [0.5, 0.6) is 5.88 Å². The number of aryl methyl sites for hydroxylation is 1. The Labute approximate surface area is 179 Å². The highest BCUT2D eigenvalue weighted by molar-refractivity contribution is 9.10. The van der Waals surface area contributed by atoms with Gasteiger partial charge < -0.3 is 9.72 Å². The Bertz CT molecular complexity index is 1470. The quantitative estimate of drug-likeness (QED) is 0.430. The topological polar surface area (TPSA) is 85.7 Å². The molecule has 0 unspecified atom stereocenters. The molecule has 1 N–H and O–H groups in total. The molecule has 0 aliphatic heterocycles. The predicted octanol–water partition coefficient (Wildman–Crippen LogP) is 4.40. The standard InChI is InChI=1S/C22H16BrN5O2/c1-12-3-8-18-13(9-12)10-16(22(25-18)30-2)19-26-20-17(21(29)27-19)11-24-28(20)15-6-4-14(23)5-7-15/h3-11H,1-2H3,(H,26,27,29). The van der Waals surface area contributed by atoms with Crippen molar-refractivity contribution in [2.24, 2.45) is 0 Å². The van der Waals surface area contributed by atoms with Gasteiger partial charge in [-0.05, 0) is 49.4 Å². The van der Waals surface area contributed by atoms with Crippen LogP contribution >= 0.6 is 15.9 Å². The van der Waals surface area contributed by atoms with E-state index in [1.807, 2.05) is 55.5 Å². The Morgan fingerprint density at radius 2 is 1.87 bits per heavy atom. The van der Waals surface area contributed by atoms with E-state index in [1.54, 1.807) is 11.8 Å². The first-order valence-electron chi connectivity index (χ1n) is 9.23. The van der Waals surface area contributed by atoms with Crippen molar-refractivity contribution in [3.05, 3.63) is 75.1 Å². The largest absolute Gasteiger partial charge is 0.480 e. The molecule has 0 saturated heterocycles. The minimum atomic E-state index is -0.273. The van der Waals surface area contributed by atoms with Gasteiger partial charge >= 0.3 is 0 Å². The van der Waals surface area contributed by atoms with Crippen LogP contribution in [0.25, 0.3) is 39.0 Å². The number of rotatable bonds is 3. The monoisotopic (exact) mass is 461 g/mol. The van der Waals surface area contributed by atoms with Gasteiger partial charge in [0.1, 0.15) is 11.2 Å². The van der Waals surface area contributed by atoms with Gasteiger partial charge in [0.2, 0.25) is 5.88 Å². The van der Waals surface area contributed by atoms with Gasteiger partial charge in [0.15, 0.2) is 5.65 Å². The van der Waals surface area contributed by atoms with Crippen molar-refractivity contribution < 1.29 is 4.74 Å². The summed E-state index contributed by atoms with van der Waals surface area (Å²) in [7, 11) is 1.55. The smallest absolute Gasteiger partial charge is 0.262 e. The first-order chi connectivity index (χ1) is 14.5. The first-order valence-corrected chi connectivity index (χ1v) is 10.0. The number of hydrogen-bond acceptors (Lipinski definition) is 5. The van der Waals surface area contributed by atoms with E-state index in [0.29, 0.717) is 28.3 Å². The van der Waals surface area contributed by atoms with E-state index in [9.17, 15) is 4.79 Å². The summed E-state index contributed by atoms with van der Waals surface area (Å²) in [5, 5.41) is 5.71. The Morgan fingerprint density at radius 1 is 1.07 bits per heavy atom. The predicted molar refractivity (Wildman–Crippen MR) is 119 cm³/mol. The number of hydrogen-bond donors (Lipinski definition) is 1. The fourth-order valence-corrected chi connectivity index (χ4v) is 3.69. The van der Waals surface area contributed by atoms with E-state index >= 15 is 0 Å². The number of pyridine rings is 1. The van der Waals surface area contributed by atoms with Crippen LogP contribution in [0, 0.1) is 6.92 Å². The maximum absolute atomic E-state index is 12.8. The summed E-state index contributed by atoms with van der Waals surface area (Å²) < 4.78 is 8.10. The second-order valence-corrected chi connectivity index (χ2v) is 7.84. The molecule has 0 amide bonds. The first kappa shape index (κ1) is 18.5. The van der Waals surface area contributed by atoms with Crippen LogP contribution in [0.15, 0.2) is 64.0 Å². The van der Waals surface area contributed by atoms with Crippen molar-refractivity contribution >= 4 is 37.9 Å². The van der Waals surface area contributed by atoms with Gasteiger partial charge in [-0.25, -0.2) is 14.6 Å². The molecule has 0 atom stereocenters. The van der Waals surface area contributed by atoms with Crippen molar-refractivity contribution in [3.63, 3.8) is 0 Å². The fourth-order valence-electron chi connectivity index (χ4n) is 3.42. The Hall–Kier alpha value is -3.52. The number of aromatic nitrogens is 5. The van der Waals surface area contributed by atoms with Gasteiger partial charge in [-0.15, -0.1) is 0 Å². The fraction of sp³-hybridized carbons (Fsp3) is 0.0909. The van der Waals surface area contributed by atoms with Gasteiger partial charge in [-0.3, -0.25) is 4.79 Å². The van der Waals surface area contributed by atoms with Crippen molar-refractivity contribution in [2.75, 3.05) is 7.11 Å². The molecule has 5 rings (SSSR count). The van der Waals surface area contributed by atoms with Gasteiger partial charge in [-0.1, -0.05) is 27.6 Å². The lowest BCUT2D eigenvalue weighted by Crippen LogP contribution is -2.11. The van der Waals surface area contributed by atoms with Crippen molar-refractivity contribution in [1.29, 1.82) is 0 Å². The number of methoxy groups -OCH3 is 1. The van der Waals surface area contributed by atoms with E-state index in [-0.39, 0.29) is 5.56 Å². The molecule has 0 spiro atoms. The molecule has 0 fully saturated rings. The molecule has 2 aromatic carbocycles. The van der Waals surface area contributed by atoms with Gasteiger partial charge in [0, 0.05) is 9.86 Å². The average Bonchev–Trinajstić information content (AvgIpc) is 3.18. The van der Waals surface area contributed by atoms with E-state index < -0.39 is 0 Å². The molecule has 0 aliphatic carbocycles. The number of halogens is 1. The molecule has 5 aromatic rings. The van der Waals surface area contributed by atoms with Gasteiger partial charge in [0.05, 0.1) is 30.1 Å². The number of nitrogens with one attached hydrogen (secondary N) is 1. The van der Waals surface area contributed by atoms with E-state index in [0.717, 1.165) is 26.6 Å². The number of nitrogens with zero attached hydrogens (tertiary/aromatic N) is 4. The molecule has 7 nitrogen and oxygen atoms in total. The molecule has 148 valence electrons. The average molecular weight is 462 g/mol. The highest BCUT2D eigenvalue weighted by atomic mass is 79.9. The molecule has 3 aromatic heterocycles. The van der Waals surface area contributed by atoms with Crippen LogP contribution in [-0.4, -0.2) is 31.8 Å². The molecule has 3 heterocycles. The molecule has 8 heteroatoms. The van der Waals surface area contributed by atoms with Crippen LogP contribution in [-0.2, 0) is 0 Å². The highest BCUT2D eigenvalue weighted by Gasteiger charge is 2.17. The molecule has 0 aliphatic rings. The second-order valence-electron chi connectivity index (χ2n) is 6.93. The van der Waals surface area contributed by atoms with Gasteiger partial charge in [-0.2, -0.15) is 5.10 Å². The third kappa shape index (κ3) is 3.05. The molecular weight excluding hydrogens is 446 g/mol. The summed E-state index contributed by atoms with van der Waals surface area (Å²) in [5.74, 6) is 0.766. The zero-order chi connectivity index (χ0) is 20.8. The lowest BCUT2D eigenvalue weighted by molar-refractivity contribution is 0.401. The number of ether oxygens (including phenoxy) is 1. The Balaban J connectivity index is 1.76.